The molecule has 4 rings (SSSR count). The maximum atomic E-state index is 12.4. The van der Waals surface area contributed by atoms with E-state index in [4.69, 9.17) is 4.74 Å². The predicted molar refractivity (Wildman–Crippen MR) is 107 cm³/mol. The highest BCUT2D eigenvalue weighted by Crippen LogP contribution is 2.39. The van der Waals surface area contributed by atoms with Gasteiger partial charge in [-0.2, -0.15) is 5.10 Å². The van der Waals surface area contributed by atoms with Crippen LogP contribution in [0.4, 0.5) is 5.82 Å². The zero-order chi connectivity index (χ0) is 19.7. The van der Waals surface area contributed by atoms with Gasteiger partial charge >= 0.3 is 0 Å². The molecule has 1 aliphatic heterocycles. The molecule has 2 aromatic heterocycles. The second kappa shape index (κ2) is 7.11. The molecule has 0 unspecified atom stereocenters. The van der Waals surface area contributed by atoms with Crippen LogP contribution in [-0.4, -0.2) is 20.7 Å². The molecule has 6 nitrogen and oxygen atoms in total. The van der Waals surface area contributed by atoms with Crippen molar-refractivity contribution in [2.75, 3.05) is 5.32 Å². The Morgan fingerprint density at radius 2 is 2.07 bits per heavy atom. The largest absolute Gasteiger partial charge is 0.489 e. The molecule has 1 aromatic carbocycles. The number of rotatable bonds is 4. The van der Waals surface area contributed by atoms with Crippen LogP contribution in [0.25, 0.3) is 0 Å². The van der Waals surface area contributed by atoms with Crippen LogP contribution in [0.5, 0.6) is 5.75 Å². The van der Waals surface area contributed by atoms with Crippen LogP contribution >= 0.6 is 0 Å². The number of nitrogens with zero attached hydrogens (tertiary/aromatic N) is 3. The van der Waals surface area contributed by atoms with Gasteiger partial charge in [0.15, 0.2) is 0 Å². The van der Waals surface area contributed by atoms with E-state index in [0.29, 0.717) is 13.0 Å². The number of amides is 1. The third-order valence-corrected chi connectivity index (χ3v) is 4.84. The van der Waals surface area contributed by atoms with Gasteiger partial charge in [-0.25, -0.2) is 4.68 Å². The minimum atomic E-state index is -0.211. The summed E-state index contributed by atoms with van der Waals surface area (Å²) in [5.74, 6) is 1.53. The lowest BCUT2D eigenvalue weighted by Crippen LogP contribution is -2.30. The van der Waals surface area contributed by atoms with E-state index in [1.165, 1.54) is 0 Å². The molecule has 0 aliphatic carbocycles. The average molecular weight is 376 g/mol. The first-order valence-electron chi connectivity index (χ1n) is 9.42. The minimum absolute atomic E-state index is 0.00480. The molecule has 0 bridgehead atoms. The number of carbonyl (C=O) groups is 1. The van der Waals surface area contributed by atoms with Gasteiger partial charge in [-0.1, -0.05) is 18.2 Å². The first-order chi connectivity index (χ1) is 13.4. The average Bonchev–Trinajstić information content (AvgIpc) is 3.11. The first kappa shape index (κ1) is 18.2. The maximum absolute atomic E-state index is 12.4. The summed E-state index contributed by atoms with van der Waals surface area (Å²) in [5.41, 5.74) is 2.89. The lowest BCUT2D eigenvalue weighted by atomic mass is 9.87. The highest BCUT2D eigenvalue weighted by molar-refractivity contribution is 5.94. The Balaban J connectivity index is 1.61. The minimum Gasteiger partial charge on any atom is -0.489 e. The van der Waals surface area contributed by atoms with E-state index in [9.17, 15) is 4.79 Å². The van der Waals surface area contributed by atoms with Crippen LogP contribution < -0.4 is 10.1 Å². The number of benzene rings is 1. The Hall–Kier alpha value is -3.15. The molecule has 6 heteroatoms. The molecule has 3 aromatic rings. The monoisotopic (exact) mass is 376 g/mol. The van der Waals surface area contributed by atoms with Crippen LogP contribution in [0.2, 0.25) is 0 Å². The molecule has 0 fully saturated rings. The lowest BCUT2D eigenvalue weighted by molar-refractivity contribution is -0.116. The van der Waals surface area contributed by atoms with Gasteiger partial charge in [0, 0.05) is 35.9 Å². The number of aromatic nitrogens is 3. The number of fused-ring (bicyclic) bond motifs is 1. The Morgan fingerprint density at radius 3 is 2.82 bits per heavy atom. The van der Waals surface area contributed by atoms with Crippen molar-refractivity contribution in [3.8, 4) is 5.75 Å². The SMILES string of the molecule is CC(C)(C)n1ncc2c1NC(=O)C[C@H]2c1cccc(OCc2cccnc2)c1. The molecule has 1 atom stereocenters. The van der Waals surface area contributed by atoms with Crippen LogP contribution in [-0.2, 0) is 16.9 Å². The number of ether oxygens (including phenoxy) is 1. The summed E-state index contributed by atoms with van der Waals surface area (Å²) in [4.78, 5) is 16.5. The Labute approximate surface area is 164 Å². The standard InChI is InChI=1S/C22H24N4O2/c1-22(2,3)26-21-19(13-24-26)18(11-20(27)25-21)16-7-4-8-17(10-16)28-14-15-6-5-9-23-12-15/h4-10,12-13,18H,11,14H2,1-3H3,(H,25,27)/t18-/m0/s1. The number of anilines is 1. The van der Waals surface area contributed by atoms with Crippen molar-refractivity contribution in [1.29, 1.82) is 0 Å². The van der Waals surface area contributed by atoms with Gasteiger partial charge in [0.25, 0.3) is 0 Å². The lowest BCUT2D eigenvalue weighted by Gasteiger charge is -2.28. The highest BCUT2D eigenvalue weighted by atomic mass is 16.5. The van der Waals surface area contributed by atoms with E-state index in [0.717, 1.165) is 28.3 Å². The predicted octanol–water partition coefficient (Wildman–Crippen LogP) is 4.09. The zero-order valence-corrected chi connectivity index (χ0v) is 16.3. The van der Waals surface area contributed by atoms with E-state index in [-0.39, 0.29) is 17.4 Å². The third-order valence-electron chi connectivity index (χ3n) is 4.84. The van der Waals surface area contributed by atoms with Gasteiger partial charge < -0.3 is 10.1 Å². The summed E-state index contributed by atoms with van der Waals surface area (Å²) in [6.45, 7) is 6.67. The second-order valence-corrected chi connectivity index (χ2v) is 8.06. The molecule has 144 valence electrons. The van der Waals surface area contributed by atoms with Gasteiger partial charge in [-0.05, 0) is 44.5 Å². The van der Waals surface area contributed by atoms with Crippen LogP contribution in [0.3, 0.4) is 0 Å². The van der Waals surface area contributed by atoms with Crippen molar-refractivity contribution in [2.24, 2.45) is 0 Å². The summed E-state index contributed by atoms with van der Waals surface area (Å²) in [5, 5.41) is 7.54. The second-order valence-electron chi connectivity index (χ2n) is 8.06. The van der Waals surface area contributed by atoms with Crippen molar-refractivity contribution in [2.45, 2.75) is 45.3 Å². The fourth-order valence-electron chi connectivity index (χ4n) is 3.50. The van der Waals surface area contributed by atoms with E-state index >= 15 is 0 Å². The molecular formula is C22H24N4O2. The van der Waals surface area contributed by atoms with Gasteiger partial charge in [0.2, 0.25) is 5.91 Å². The molecule has 0 radical (unpaired) electrons. The molecule has 0 spiro atoms. The molecular weight excluding hydrogens is 352 g/mol. The summed E-state index contributed by atoms with van der Waals surface area (Å²) in [6.07, 6.45) is 5.80. The summed E-state index contributed by atoms with van der Waals surface area (Å²) >= 11 is 0. The van der Waals surface area contributed by atoms with Crippen molar-refractivity contribution in [1.82, 2.24) is 14.8 Å². The number of pyridine rings is 1. The van der Waals surface area contributed by atoms with Crippen molar-refractivity contribution in [3.05, 3.63) is 71.7 Å². The molecule has 1 amide bonds. The van der Waals surface area contributed by atoms with Crippen molar-refractivity contribution >= 4 is 11.7 Å². The number of nitrogens with one attached hydrogen (secondary N) is 1. The van der Waals surface area contributed by atoms with Crippen LogP contribution in [0.15, 0.2) is 55.0 Å². The van der Waals surface area contributed by atoms with Gasteiger partial charge in [-0.15, -0.1) is 0 Å². The fourth-order valence-corrected chi connectivity index (χ4v) is 3.50. The quantitative estimate of drug-likeness (QED) is 0.745. The number of carbonyl (C=O) groups excluding carboxylic acids is 1. The normalized spacial score (nSPS) is 16.4. The third kappa shape index (κ3) is 3.63. The number of hydrogen-bond donors (Lipinski definition) is 1. The molecule has 0 saturated heterocycles. The molecule has 28 heavy (non-hydrogen) atoms. The summed E-state index contributed by atoms with van der Waals surface area (Å²) in [7, 11) is 0. The van der Waals surface area contributed by atoms with Crippen molar-refractivity contribution < 1.29 is 9.53 Å². The smallest absolute Gasteiger partial charge is 0.226 e. The Bertz CT molecular complexity index is 989. The molecule has 3 heterocycles. The van der Waals surface area contributed by atoms with Gasteiger partial charge in [-0.3, -0.25) is 9.78 Å². The summed E-state index contributed by atoms with van der Waals surface area (Å²) < 4.78 is 7.82. The van der Waals surface area contributed by atoms with Gasteiger partial charge in [0.05, 0.1) is 11.7 Å². The molecule has 0 saturated carbocycles. The van der Waals surface area contributed by atoms with Crippen LogP contribution in [0.1, 0.15) is 49.8 Å². The maximum Gasteiger partial charge on any atom is 0.226 e. The number of hydrogen-bond acceptors (Lipinski definition) is 4. The molecule has 1 aliphatic rings. The van der Waals surface area contributed by atoms with E-state index < -0.39 is 0 Å². The van der Waals surface area contributed by atoms with E-state index in [1.807, 2.05) is 47.3 Å². The summed E-state index contributed by atoms with van der Waals surface area (Å²) in [6, 6.07) is 11.8. The first-order valence-corrected chi connectivity index (χ1v) is 9.42. The van der Waals surface area contributed by atoms with E-state index in [2.05, 4.69) is 36.2 Å². The van der Waals surface area contributed by atoms with Gasteiger partial charge in [0.1, 0.15) is 18.2 Å². The highest BCUT2D eigenvalue weighted by Gasteiger charge is 2.32. The Kier molecular flexibility index (Phi) is 4.63. The van der Waals surface area contributed by atoms with Crippen molar-refractivity contribution in [3.63, 3.8) is 0 Å². The molecule has 1 N–H and O–H groups in total. The zero-order valence-electron chi connectivity index (χ0n) is 16.3. The van der Waals surface area contributed by atoms with Crippen LogP contribution in [0, 0.1) is 0 Å². The topological polar surface area (TPSA) is 69.0 Å². The fraction of sp³-hybridized carbons (Fsp3) is 0.318. The Morgan fingerprint density at radius 1 is 1.21 bits per heavy atom. The van der Waals surface area contributed by atoms with E-state index in [1.54, 1.807) is 12.4 Å².